The molecule has 2 aromatic heterocycles. The van der Waals surface area contributed by atoms with Crippen molar-refractivity contribution in [3.8, 4) is 22.8 Å². The van der Waals surface area contributed by atoms with Gasteiger partial charge in [0.2, 0.25) is 11.9 Å². The van der Waals surface area contributed by atoms with Crippen LogP contribution in [0.3, 0.4) is 0 Å². The molecule has 2 aliphatic heterocycles. The van der Waals surface area contributed by atoms with Crippen LogP contribution in [0.15, 0.2) is 35.3 Å². The number of fused-ring (bicyclic) bond motifs is 1. The maximum atomic E-state index is 12.3. The Morgan fingerprint density at radius 2 is 1.85 bits per heavy atom. The lowest BCUT2D eigenvalue weighted by Crippen LogP contribution is -2.31. The summed E-state index contributed by atoms with van der Waals surface area (Å²) in [6.07, 6.45) is 6.21. The van der Waals surface area contributed by atoms with Crippen LogP contribution in [0.2, 0.25) is 0 Å². The minimum Gasteiger partial charge on any atom is -0.490 e. The van der Waals surface area contributed by atoms with Gasteiger partial charge in [-0.05, 0) is 43.9 Å². The number of aromatic amines is 1. The first kappa shape index (κ1) is 21.2. The summed E-state index contributed by atoms with van der Waals surface area (Å²) in [6.45, 7) is 5.67. The second kappa shape index (κ2) is 9.48. The van der Waals surface area contributed by atoms with E-state index in [9.17, 15) is 4.79 Å². The average molecular weight is 449 g/mol. The van der Waals surface area contributed by atoms with Gasteiger partial charge in [0.25, 0.3) is 5.56 Å². The highest BCUT2D eigenvalue weighted by molar-refractivity contribution is 5.62. The summed E-state index contributed by atoms with van der Waals surface area (Å²) in [5, 5.41) is 3.20. The highest BCUT2D eigenvalue weighted by atomic mass is 16.5. The van der Waals surface area contributed by atoms with Crippen molar-refractivity contribution < 1.29 is 9.47 Å². The van der Waals surface area contributed by atoms with Crippen LogP contribution in [0.4, 0.5) is 11.9 Å². The summed E-state index contributed by atoms with van der Waals surface area (Å²) in [7, 11) is 0. The lowest BCUT2D eigenvalue weighted by atomic mass is 10.1. The zero-order chi connectivity index (χ0) is 22.6. The smallest absolute Gasteiger partial charge is 0.252 e. The summed E-state index contributed by atoms with van der Waals surface area (Å²) < 4.78 is 11.4. The van der Waals surface area contributed by atoms with Gasteiger partial charge >= 0.3 is 0 Å². The topological polar surface area (TPSA) is 105 Å². The van der Waals surface area contributed by atoms with Gasteiger partial charge in [0.15, 0.2) is 11.5 Å². The number of aromatic nitrogens is 4. The lowest BCUT2D eigenvalue weighted by Gasteiger charge is -2.26. The third kappa shape index (κ3) is 4.92. The number of ether oxygens (including phenoxy) is 2. The monoisotopic (exact) mass is 448 g/mol. The fourth-order valence-electron chi connectivity index (χ4n) is 4.14. The molecule has 1 fully saturated rings. The van der Waals surface area contributed by atoms with Gasteiger partial charge in [0, 0.05) is 43.9 Å². The van der Waals surface area contributed by atoms with Gasteiger partial charge in [-0.15, -0.1) is 0 Å². The Hall–Kier alpha value is -3.62. The van der Waals surface area contributed by atoms with E-state index in [1.165, 1.54) is 12.5 Å². The number of benzene rings is 1. The van der Waals surface area contributed by atoms with E-state index in [0.29, 0.717) is 31.4 Å². The molecule has 0 spiro atoms. The van der Waals surface area contributed by atoms with Gasteiger partial charge in [-0.25, -0.2) is 15.0 Å². The molecule has 0 amide bonds. The van der Waals surface area contributed by atoms with Gasteiger partial charge in [-0.2, -0.15) is 0 Å². The van der Waals surface area contributed by atoms with Crippen LogP contribution < -0.4 is 25.2 Å². The first-order valence-corrected chi connectivity index (χ1v) is 11.5. The van der Waals surface area contributed by atoms with Gasteiger partial charge in [0.05, 0.1) is 24.6 Å². The summed E-state index contributed by atoms with van der Waals surface area (Å²) in [5.41, 5.74) is 2.86. The van der Waals surface area contributed by atoms with Crippen molar-refractivity contribution in [2.24, 2.45) is 0 Å². The third-order valence-corrected chi connectivity index (χ3v) is 5.90. The van der Waals surface area contributed by atoms with E-state index in [4.69, 9.17) is 14.5 Å². The minimum absolute atomic E-state index is 0.235. The van der Waals surface area contributed by atoms with E-state index in [2.05, 4.69) is 25.2 Å². The SMILES string of the molecule is Cc1nc(N2CCCCC2)ncc1-c1cc(=O)[nH]c(NCc2ccc3c(c2)OCCCO3)n1. The number of hydrogen-bond acceptors (Lipinski definition) is 8. The minimum atomic E-state index is -0.235. The van der Waals surface area contributed by atoms with Crippen molar-refractivity contribution >= 4 is 11.9 Å². The zero-order valence-electron chi connectivity index (χ0n) is 18.8. The van der Waals surface area contributed by atoms with Crippen LogP contribution in [-0.4, -0.2) is 46.2 Å². The number of aryl methyl sites for hydroxylation is 1. The molecule has 9 heteroatoms. The normalized spacial score (nSPS) is 15.7. The Morgan fingerprint density at radius 3 is 2.67 bits per heavy atom. The van der Waals surface area contributed by atoms with E-state index in [1.54, 1.807) is 6.20 Å². The van der Waals surface area contributed by atoms with Gasteiger partial charge in [-0.1, -0.05) is 6.07 Å². The first-order valence-electron chi connectivity index (χ1n) is 11.5. The molecule has 4 heterocycles. The Labute approximate surface area is 192 Å². The molecular weight excluding hydrogens is 420 g/mol. The number of H-pyrrole nitrogens is 1. The Bertz CT molecular complexity index is 1190. The van der Waals surface area contributed by atoms with Crippen LogP contribution in [0.1, 0.15) is 36.9 Å². The van der Waals surface area contributed by atoms with E-state index in [-0.39, 0.29) is 5.56 Å². The molecule has 5 rings (SSSR count). The molecule has 0 aliphatic carbocycles. The first-order chi connectivity index (χ1) is 16.2. The molecule has 0 saturated carbocycles. The van der Waals surface area contributed by atoms with Gasteiger partial charge in [-0.3, -0.25) is 9.78 Å². The molecule has 9 nitrogen and oxygen atoms in total. The van der Waals surface area contributed by atoms with Crippen molar-refractivity contribution in [3.05, 3.63) is 52.1 Å². The molecule has 3 aromatic rings. The molecule has 1 aromatic carbocycles. The van der Waals surface area contributed by atoms with Crippen molar-refractivity contribution in [2.45, 2.75) is 39.2 Å². The summed E-state index contributed by atoms with van der Waals surface area (Å²) in [4.78, 5) is 31.2. The number of rotatable bonds is 5. The van der Waals surface area contributed by atoms with Crippen LogP contribution in [-0.2, 0) is 6.54 Å². The highest BCUT2D eigenvalue weighted by Crippen LogP contribution is 2.30. The number of piperidine rings is 1. The molecule has 33 heavy (non-hydrogen) atoms. The molecular formula is C24H28N6O3. The predicted octanol–water partition coefficient (Wildman–Crippen LogP) is 3.30. The molecule has 0 atom stereocenters. The highest BCUT2D eigenvalue weighted by Gasteiger charge is 2.16. The van der Waals surface area contributed by atoms with Crippen molar-refractivity contribution in [3.63, 3.8) is 0 Å². The summed E-state index contributed by atoms with van der Waals surface area (Å²) >= 11 is 0. The molecule has 172 valence electrons. The zero-order valence-corrected chi connectivity index (χ0v) is 18.8. The lowest BCUT2D eigenvalue weighted by molar-refractivity contribution is 0.297. The van der Waals surface area contributed by atoms with E-state index in [0.717, 1.165) is 66.6 Å². The standard InChI is InChI=1S/C24H28N6O3/c1-16-18(15-26-24(27-16)30-8-3-2-4-9-30)19-13-22(31)29-23(28-19)25-14-17-6-7-20-21(12-17)33-11-5-10-32-20/h6-7,12-13,15H,2-5,8-11,14H2,1H3,(H2,25,28,29,31). The van der Waals surface area contributed by atoms with Gasteiger partial charge < -0.3 is 19.7 Å². The Morgan fingerprint density at radius 1 is 1.03 bits per heavy atom. The molecule has 0 radical (unpaired) electrons. The Kier molecular flexibility index (Phi) is 6.10. The second-order valence-electron chi connectivity index (χ2n) is 8.38. The van der Waals surface area contributed by atoms with Crippen LogP contribution >= 0.6 is 0 Å². The maximum absolute atomic E-state index is 12.3. The number of nitrogens with zero attached hydrogens (tertiary/aromatic N) is 4. The maximum Gasteiger partial charge on any atom is 0.252 e. The summed E-state index contributed by atoms with van der Waals surface area (Å²) in [6, 6.07) is 7.31. The predicted molar refractivity (Wildman–Crippen MR) is 126 cm³/mol. The molecule has 0 unspecified atom stereocenters. The fraction of sp³-hybridized carbons (Fsp3) is 0.417. The molecule has 0 bridgehead atoms. The van der Waals surface area contributed by atoms with E-state index >= 15 is 0 Å². The van der Waals surface area contributed by atoms with E-state index in [1.807, 2.05) is 25.1 Å². The third-order valence-electron chi connectivity index (χ3n) is 5.90. The number of nitrogens with one attached hydrogen (secondary N) is 2. The second-order valence-corrected chi connectivity index (χ2v) is 8.38. The Balaban J connectivity index is 1.33. The molecule has 1 saturated heterocycles. The molecule has 2 N–H and O–H groups in total. The number of anilines is 2. The number of hydrogen-bond donors (Lipinski definition) is 2. The van der Waals surface area contributed by atoms with Crippen LogP contribution in [0.25, 0.3) is 11.3 Å². The largest absolute Gasteiger partial charge is 0.490 e. The van der Waals surface area contributed by atoms with Gasteiger partial charge in [0.1, 0.15) is 0 Å². The fourth-order valence-corrected chi connectivity index (χ4v) is 4.14. The van der Waals surface area contributed by atoms with Crippen molar-refractivity contribution in [2.75, 3.05) is 36.5 Å². The van der Waals surface area contributed by atoms with Crippen LogP contribution in [0.5, 0.6) is 11.5 Å². The summed E-state index contributed by atoms with van der Waals surface area (Å²) in [5.74, 6) is 2.63. The average Bonchev–Trinajstić information content (AvgIpc) is 3.08. The van der Waals surface area contributed by atoms with Crippen molar-refractivity contribution in [1.82, 2.24) is 19.9 Å². The van der Waals surface area contributed by atoms with Crippen LogP contribution in [0, 0.1) is 6.92 Å². The molecule has 2 aliphatic rings. The van der Waals surface area contributed by atoms with Crippen molar-refractivity contribution in [1.29, 1.82) is 0 Å². The quantitative estimate of drug-likeness (QED) is 0.613. The van der Waals surface area contributed by atoms with E-state index < -0.39 is 0 Å².